The summed E-state index contributed by atoms with van der Waals surface area (Å²) in [7, 11) is -3.32. The first-order valence-corrected chi connectivity index (χ1v) is 11.3. The molecule has 30 heavy (non-hydrogen) atoms. The van der Waals surface area contributed by atoms with Crippen molar-refractivity contribution in [3.63, 3.8) is 0 Å². The number of fused-ring (bicyclic) bond motifs is 1. The summed E-state index contributed by atoms with van der Waals surface area (Å²) in [5.41, 5.74) is 1.03. The normalized spacial score (nSPS) is 20.2. The largest absolute Gasteiger partial charge is 0.352 e. The van der Waals surface area contributed by atoms with Gasteiger partial charge in [-0.25, -0.2) is 41.4 Å². The Morgan fingerprint density at radius 3 is 2.73 bits per heavy atom. The molecule has 9 nitrogen and oxygen atoms in total. The third-order valence-corrected chi connectivity index (χ3v) is 5.84. The summed E-state index contributed by atoms with van der Waals surface area (Å²) >= 11 is 0. The summed E-state index contributed by atoms with van der Waals surface area (Å²) in [5, 5.41) is 3.97. The number of hydrogen-bond acceptors (Lipinski definition) is 7. The molecule has 3 aromatic rings. The van der Waals surface area contributed by atoms with Gasteiger partial charge in [0.1, 0.15) is 23.5 Å². The highest BCUT2D eigenvalue weighted by atomic mass is 32.2. The molecule has 0 saturated carbocycles. The van der Waals surface area contributed by atoms with E-state index in [9.17, 15) is 17.2 Å². The molecule has 160 valence electrons. The van der Waals surface area contributed by atoms with Crippen molar-refractivity contribution in [1.82, 2.24) is 29.3 Å². The highest BCUT2D eigenvalue weighted by Gasteiger charge is 2.28. The molecule has 2 atom stereocenters. The number of nitrogens with one attached hydrogen (secondary N) is 1. The van der Waals surface area contributed by atoms with Gasteiger partial charge in [-0.3, -0.25) is 0 Å². The fourth-order valence-corrected chi connectivity index (χ4v) is 4.45. The number of piperidine rings is 1. The third-order valence-electron chi connectivity index (χ3n) is 5.08. The second kappa shape index (κ2) is 7.84. The summed E-state index contributed by atoms with van der Waals surface area (Å²) < 4.78 is 53.3. The van der Waals surface area contributed by atoms with Gasteiger partial charge in [0.25, 0.3) is 6.43 Å². The molecule has 1 aliphatic rings. The van der Waals surface area contributed by atoms with Gasteiger partial charge in [0.15, 0.2) is 5.65 Å². The second-order valence-electron chi connectivity index (χ2n) is 7.40. The van der Waals surface area contributed by atoms with Gasteiger partial charge in [-0.05, 0) is 31.9 Å². The van der Waals surface area contributed by atoms with Crippen LogP contribution >= 0.6 is 0 Å². The molecule has 0 bridgehead atoms. The Labute approximate surface area is 172 Å². The minimum absolute atomic E-state index is 0.149. The van der Waals surface area contributed by atoms with Gasteiger partial charge in [0, 0.05) is 24.7 Å². The molecule has 0 spiro atoms. The molecule has 12 heteroatoms. The van der Waals surface area contributed by atoms with Gasteiger partial charge in [0.2, 0.25) is 10.0 Å². The molecule has 4 heterocycles. The van der Waals surface area contributed by atoms with Crippen LogP contribution in [0, 0.1) is 0 Å². The minimum Gasteiger partial charge on any atom is -0.352 e. The molecule has 1 fully saturated rings. The average Bonchev–Trinajstić information content (AvgIpc) is 3.11. The topological polar surface area (TPSA) is 105 Å². The van der Waals surface area contributed by atoms with Crippen molar-refractivity contribution >= 4 is 21.5 Å². The van der Waals surface area contributed by atoms with Crippen LogP contribution in [0.25, 0.3) is 17.0 Å². The molecule has 2 unspecified atom stereocenters. The van der Waals surface area contributed by atoms with Gasteiger partial charge in [0.05, 0.1) is 18.1 Å². The predicted molar refractivity (Wildman–Crippen MR) is 107 cm³/mol. The van der Waals surface area contributed by atoms with Crippen LogP contribution < -0.4 is 9.62 Å². The molecule has 1 saturated heterocycles. The first-order chi connectivity index (χ1) is 14.2. The van der Waals surface area contributed by atoms with Crippen molar-refractivity contribution in [1.29, 1.82) is 0 Å². The molecule has 0 amide bonds. The Balaban J connectivity index is 1.67. The molecule has 4 rings (SSSR count). The second-order valence-corrected chi connectivity index (χ2v) is 9.18. The van der Waals surface area contributed by atoms with E-state index in [-0.39, 0.29) is 17.8 Å². The quantitative estimate of drug-likeness (QED) is 0.651. The fourth-order valence-electron chi connectivity index (χ4n) is 3.65. The van der Waals surface area contributed by atoms with Gasteiger partial charge < -0.3 is 4.90 Å². The van der Waals surface area contributed by atoms with Gasteiger partial charge >= 0.3 is 0 Å². The molecular formula is C18H21F2N7O2S. The lowest BCUT2D eigenvalue weighted by Crippen LogP contribution is -2.51. The van der Waals surface area contributed by atoms with Crippen LogP contribution in [-0.4, -0.2) is 57.9 Å². The lowest BCUT2D eigenvalue weighted by molar-refractivity contribution is 0.144. The van der Waals surface area contributed by atoms with Crippen LogP contribution in [0.1, 0.15) is 31.9 Å². The first kappa shape index (κ1) is 20.5. The number of nitrogens with zero attached hydrogens (tertiary/aromatic N) is 6. The number of sulfonamides is 1. The van der Waals surface area contributed by atoms with Gasteiger partial charge in [-0.1, -0.05) is 0 Å². The van der Waals surface area contributed by atoms with Crippen molar-refractivity contribution < 1.29 is 17.2 Å². The maximum Gasteiger partial charge on any atom is 0.282 e. The predicted octanol–water partition coefficient (Wildman–Crippen LogP) is 2.03. The number of alkyl halides is 2. The molecule has 0 radical (unpaired) electrons. The highest BCUT2D eigenvalue weighted by Crippen LogP contribution is 2.27. The minimum atomic E-state index is -3.32. The Morgan fingerprint density at radius 2 is 2.00 bits per heavy atom. The Bertz CT molecular complexity index is 1170. The molecule has 0 aromatic carbocycles. The lowest BCUT2D eigenvalue weighted by atomic mass is 10.00. The monoisotopic (exact) mass is 437 g/mol. The molecule has 0 aliphatic carbocycles. The zero-order valence-electron chi connectivity index (χ0n) is 16.4. The van der Waals surface area contributed by atoms with E-state index >= 15 is 0 Å². The van der Waals surface area contributed by atoms with Crippen molar-refractivity contribution in [2.24, 2.45) is 0 Å². The van der Waals surface area contributed by atoms with Crippen molar-refractivity contribution in [2.75, 3.05) is 17.7 Å². The smallest absolute Gasteiger partial charge is 0.282 e. The van der Waals surface area contributed by atoms with E-state index < -0.39 is 16.4 Å². The number of aromatic nitrogens is 5. The van der Waals surface area contributed by atoms with Crippen LogP contribution in [0.2, 0.25) is 0 Å². The average molecular weight is 437 g/mol. The van der Waals surface area contributed by atoms with Crippen molar-refractivity contribution in [3.05, 3.63) is 36.4 Å². The Morgan fingerprint density at radius 1 is 1.20 bits per heavy atom. The van der Waals surface area contributed by atoms with E-state index in [2.05, 4.69) is 24.8 Å². The van der Waals surface area contributed by atoms with Crippen LogP contribution in [-0.2, 0) is 10.0 Å². The molecule has 1 aliphatic heterocycles. The number of hydrogen-bond donors (Lipinski definition) is 1. The summed E-state index contributed by atoms with van der Waals surface area (Å²) in [6, 6.07) is 4.39. The van der Waals surface area contributed by atoms with Crippen LogP contribution in [0.3, 0.4) is 0 Å². The fraction of sp³-hybridized carbons (Fsp3) is 0.444. The zero-order valence-corrected chi connectivity index (χ0v) is 17.2. The third kappa shape index (κ3) is 4.24. The summed E-state index contributed by atoms with van der Waals surface area (Å²) in [5.74, 6) is 0.618. The van der Waals surface area contributed by atoms with Crippen LogP contribution in [0.5, 0.6) is 0 Å². The number of anilines is 1. The molecular weight excluding hydrogens is 416 g/mol. The standard InChI is InChI=1S/C18H21F2N7O2S/c1-11-3-4-12(25-30(2,28)29)9-26(11)17-7-14(22-10-23-17)15-8-21-16-6-5-13(18(19)20)24-27(15)16/h5-8,10-12,18,25H,3-4,9H2,1-2H3. The van der Waals surface area contributed by atoms with Crippen molar-refractivity contribution in [3.8, 4) is 11.4 Å². The van der Waals surface area contributed by atoms with Crippen LogP contribution in [0.15, 0.2) is 30.7 Å². The van der Waals surface area contributed by atoms with E-state index in [1.54, 1.807) is 6.07 Å². The number of halogens is 2. The van der Waals surface area contributed by atoms with Gasteiger partial charge in [-0.2, -0.15) is 5.10 Å². The van der Waals surface area contributed by atoms with Gasteiger partial charge in [-0.15, -0.1) is 0 Å². The van der Waals surface area contributed by atoms with E-state index in [4.69, 9.17) is 0 Å². The first-order valence-electron chi connectivity index (χ1n) is 9.40. The molecule has 1 N–H and O–H groups in total. The van der Waals surface area contributed by atoms with E-state index in [0.29, 0.717) is 29.4 Å². The SMILES string of the molecule is CC1CCC(NS(C)(=O)=O)CN1c1cc(-c2cnc3ccc(C(F)F)nn23)ncn1. The maximum atomic E-state index is 13.1. The number of imidazole rings is 1. The van der Waals surface area contributed by atoms with Crippen molar-refractivity contribution in [2.45, 2.75) is 38.3 Å². The Hall–Kier alpha value is -2.73. The summed E-state index contributed by atoms with van der Waals surface area (Å²) in [4.78, 5) is 14.8. The Kier molecular flexibility index (Phi) is 5.36. The lowest BCUT2D eigenvalue weighted by Gasteiger charge is -2.38. The van der Waals surface area contributed by atoms with E-state index in [1.807, 2.05) is 11.8 Å². The van der Waals surface area contributed by atoms with E-state index in [1.165, 1.54) is 29.2 Å². The summed E-state index contributed by atoms with van der Waals surface area (Å²) in [6.45, 7) is 2.51. The molecule has 3 aromatic heterocycles. The number of rotatable bonds is 5. The van der Waals surface area contributed by atoms with Crippen LogP contribution in [0.4, 0.5) is 14.6 Å². The highest BCUT2D eigenvalue weighted by molar-refractivity contribution is 7.88. The summed E-state index contributed by atoms with van der Waals surface area (Å²) in [6.07, 6.45) is 2.89. The zero-order chi connectivity index (χ0) is 21.5. The van der Waals surface area contributed by atoms with E-state index in [0.717, 1.165) is 19.1 Å². The maximum absolute atomic E-state index is 13.1.